The smallest absolute Gasteiger partial charge is 0.318 e. The maximum absolute atomic E-state index is 12.6. The molecule has 3 heterocycles. The van der Waals surface area contributed by atoms with E-state index in [1.54, 1.807) is 24.3 Å². The molecule has 0 unspecified atom stereocenters. The molecule has 1 aliphatic heterocycles. The average Bonchev–Trinajstić information content (AvgIpc) is 3.47. The van der Waals surface area contributed by atoms with Crippen LogP contribution in [-0.4, -0.2) is 34.7 Å². The Hall–Kier alpha value is -3.29. The monoisotopic (exact) mass is 368 g/mol. The number of rotatable bonds is 5. The number of carbonyl (C=O) groups is 1. The molecule has 1 fully saturated rings. The number of urea groups is 1. The number of hydrogen-bond donors (Lipinski definition) is 1. The van der Waals surface area contributed by atoms with Crippen LogP contribution in [0.3, 0.4) is 0 Å². The molecule has 140 valence electrons. The van der Waals surface area contributed by atoms with E-state index in [1.165, 1.54) is 0 Å². The number of nitrogens with one attached hydrogen (secondary N) is 1. The van der Waals surface area contributed by atoms with Gasteiger partial charge in [-0.2, -0.15) is 4.98 Å². The molecule has 27 heavy (non-hydrogen) atoms. The van der Waals surface area contributed by atoms with Crippen molar-refractivity contribution in [3.05, 3.63) is 54.3 Å². The topological polar surface area (TPSA) is 93.6 Å². The summed E-state index contributed by atoms with van der Waals surface area (Å²) in [5, 5.41) is 6.95. The standard InChI is InChI=1S/C19H20N4O4/c1-25-16-9-3-2-7-14(16)17-21-18(27-22-17)15-8-4-10-23(15)19(24)20-12-13-6-5-11-26-13/h2-3,5-7,9,11,15H,4,8,10,12H2,1H3,(H,20,24)/t15-/m0/s1. The van der Waals surface area contributed by atoms with Crippen LogP contribution < -0.4 is 10.1 Å². The predicted molar refractivity (Wildman–Crippen MR) is 95.9 cm³/mol. The van der Waals surface area contributed by atoms with Gasteiger partial charge >= 0.3 is 6.03 Å². The number of para-hydroxylation sites is 1. The van der Waals surface area contributed by atoms with Gasteiger partial charge in [-0.05, 0) is 37.1 Å². The van der Waals surface area contributed by atoms with Crippen molar-refractivity contribution >= 4 is 6.03 Å². The lowest BCUT2D eigenvalue weighted by Crippen LogP contribution is -2.39. The van der Waals surface area contributed by atoms with Gasteiger partial charge < -0.3 is 23.9 Å². The second-order valence-corrected chi connectivity index (χ2v) is 6.25. The highest BCUT2D eigenvalue weighted by atomic mass is 16.5. The van der Waals surface area contributed by atoms with Crippen LogP contribution in [0.4, 0.5) is 4.79 Å². The minimum Gasteiger partial charge on any atom is -0.496 e. The molecule has 0 spiro atoms. The maximum atomic E-state index is 12.6. The molecule has 2 aromatic heterocycles. The first kappa shape index (κ1) is 17.1. The van der Waals surface area contributed by atoms with Crippen LogP contribution >= 0.6 is 0 Å². The van der Waals surface area contributed by atoms with E-state index in [4.69, 9.17) is 13.7 Å². The molecule has 0 aliphatic carbocycles. The molecule has 0 radical (unpaired) electrons. The average molecular weight is 368 g/mol. The van der Waals surface area contributed by atoms with Gasteiger partial charge in [0.2, 0.25) is 11.7 Å². The van der Waals surface area contributed by atoms with Crippen molar-refractivity contribution < 1.29 is 18.5 Å². The molecule has 2 amide bonds. The van der Waals surface area contributed by atoms with Crippen molar-refractivity contribution in [1.82, 2.24) is 20.4 Å². The second kappa shape index (κ2) is 7.53. The van der Waals surface area contributed by atoms with E-state index in [0.717, 1.165) is 18.4 Å². The normalized spacial score (nSPS) is 16.5. The molecule has 3 aromatic rings. The number of aromatic nitrogens is 2. The summed E-state index contributed by atoms with van der Waals surface area (Å²) in [6.45, 7) is 0.979. The zero-order valence-corrected chi connectivity index (χ0v) is 14.9. The van der Waals surface area contributed by atoms with E-state index in [0.29, 0.717) is 36.3 Å². The van der Waals surface area contributed by atoms with Crippen LogP contribution in [0.2, 0.25) is 0 Å². The second-order valence-electron chi connectivity index (χ2n) is 6.25. The summed E-state index contributed by atoms with van der Waals surface area (Å²) in [7, 11) is 1.60. The lowest BCUT2D eigenvalue weighted by molar-refractivity contribution is 0.179. The van der Waals surface area contributed by atoms with Gasteiger partial charge in [0.1, 0.15) is 17.6 Å². The van der Waals surface area contributed by atoms with Gasteiger partial charge in [-0.25, -0.2) is 4.79 Å². The SMILES string of the molecule is COc1ccccc1-c1noc([C@@H]2CCCN2C(=O)NCc2ccco2)n1. The molecule has 1 atom stereocenters. The van der Waals surface area contributed by atoms with E-state index in [1.807, 2.05) is 30.3 Å². The molecule has 0 saturated carbocycles. The fraction of sp³-hybridized carbons (Fsp3) is 0.316. The zero-order chi connectivity index (χ0) is 18.6. The summed E-state index contributed by atoms with van der Waals surface area (Å²) in [5.74, 6) is 2.26. The molecule has 4 rings (SSSR count). The largest absolute Gasteiger partial charge is 0.496 e. The number of furan rings is 1. The first-order chi connectivity index (χ1) is 13.3. The minimum atomic E-state index is -0.238. The Morgan fingerprint density at radius 2 is 2.22 bits per heavy atom. The van der Waals surface area contributed by atoms with Crippen LogP contribution in [-0.2, 0) is 6.54 Å². The molecule has 8 heteroatoms. The molecule has 1 saturated heterocycles. The Bertz CT molecular complexity index is 906. The number of ether oxygens (including phenoxy) is 1. The lowest BCUT2D eigenvalue weighted by Gasteiger charge is -2.21. The molecule has 1 aliphatic rings. The predicted octanol–water partition coefficient (Wildman–Crippen LogP) is 3.38. The van der Waals surface area contributed by atoms with Crippen LogP contribution in [0, 0.1) is 0 Å². The van der Waals surface area contributed by atoms with E-state index in [9.17, 15) is 4.79 Å². The van der Waals surface area contributed by atoms with Crippen molar-refractivity contribution in [2.45, 2.75) is 25.4 Å². The fourth-order valence-corrected chi connectivity index (χ4v) is 3.25. The maximum Gasteiger partial charge on any atom is 0.318 e. The Kier molecular flexibility index (Phi) is 4.78. The van der Waals surface area contributed by atoms with Gasteiger partial charge in [0.15, 0.2) is 0 Å². The summed E-state index contributed by atoms with van der Waals surface area (Å²) in [6.07, 6.45) is 3.24. The van der Waals surface area contributed by atoms with E-state index >= 15 is 0 Å². The summed E-state index contributed by atoms with van der Waals surface area (Å²) in [6, 6.07) is 10.7. The Morgan fingerprint density at radius 3 is 3.04 bits per heavy atom. The lowest BCUT2D eigenvalue weighted by atomic mass is 10.2. The fourth-order valence-electron chi connectivity index (χ4n) is 3.25. The molecule has 0 bridgehead atoms. The van der Waals surface area contributed by atoms with Crippen molar-refractivity contribution in [3.8, 4) is 17.1 Å². The zero-order valence-electron chi connectivity index (χ0n) is 14.9. The number of hydrogen-bond acceptors (Lipinski definition) is 6. The van der Waals surface area contributed by atoms with E-state index in [-0.39, 0.29) is 12.1 Å². The van der Waals surface area contributed by atoms with E-state index < -0.39 is 0 Å². The summed E-state index contributed by atoms with van der Waals surface area (Å²) in [5.41, 5.74) is 0.752. The van der Waals surface area contributed by atoms with Crippen LogP contribution in [0.1, 0.15) is 30.5 Å². The van der Waals surface area contributed by atoms with Crippen LogP contribution in [0.5, 0.6) is 5.75 Å². The molecular formula is C19H20N4O4. The van der Waals surface area contributed by atoms with E-state index in [2.05, 4.69) is 15.5 Å². The third kappa shape index (κ3) is 3.51. The van der Waals surface area contributed by atoms with Crippen LogP contribution in [0.25, 0.3) is 11.4 Å². The van der Waals surface area contributed by atoms with Crippen molar-refractivity contribution in [2.24, 2.45) is 0 Å². The number of likely N-dealkylation sites (tertiary alicyclic amines) is 1. The Balaban J connectivity index is 1.49. The van der Waals surface area contributed by atoms with Crippen molar-refractivity contribution in [3.63, 3.8) is 0 Å². The Morgan fingerprint density at radius 1 is 1.33 bits per heavy atom. The third-order valence-electron chi connectivity index (χ3n) is 4.58. The number of amides is 2. The number of methoxy groups -OCH3 is 1. The van der Waals surface area contributed by atoms with Gasteiger partial charge in [-0.15, -0.1) is 0 Å². The highest BCUT2D eigenvalue weighted by molar-refractivity contribution is 5.75. The highest BCUT2D eigenvalue weighted by Crippen LogP contribution is 2.33. The van der Waals surface area contributed by atoms with Gasteiger partial charge in [0.25, 0.3) is 0 Å². The molecule has 1 aromatic carbocycles. The van der Waals surface area contributed by atoms with Gasteiger partial charge in [-0.3, -0.25) is 0 Å². The Labute approximate surface area is 156 Å². The third-order valence-corrected chi connectivity index (χ3v) is 4.58. The van der Waals surface area contributed by atoms with Gasteiger partial charge in [0, 0.05) is 6.54 Å². The van der Waals surface area contributed by atoms with Crippen molar-refractivity contribution in [2.75, 3.05) is 13.7 Å². The van der Waals surface area contributed by atoms with Gasteiger partial charge in [-0.1, -0.05) is 17.3 Å². The molecular weight excluding hydrogens is 348 g/mol. The minimum absolute atomic E-state index is 0.175. The van der Waals surface area contributed by atoms with Crippen LogP contribution in [0.15, 0.2) is 51.6 Å². The quantitative estimate of drug-likeness (QED) is 0.742. The number of carbonyl (C=O) groups excluding carboxylic acids is 1. The molecule has 1 N–H and O–H groups in total. The first-order valence-corrected chi connectivity index (χ1v) is 8.80. The molecule has 8 nitrogen and oxygen atoms in total. The summed E-state index contributed by atoms with van der Waals surface area (Å²) < 4.78 is 16.1. The summed E-state index contributed by atoms with van der Waals surface area (Å²) in [4.78, 5) is 18.8. The number of nitrogens with zero attached hydrogens (tertiary/aromatic N) is 3. The first-order valence-electron chi connectivity index (χ1n) is 8.80. The van der Waals surface area contributed by atoms with Crippen molar-refractivity contribution in [1.29, 1.82) is 0 Å². The highest BCUT2D eigenvalue weighted by Gasteiger charge is 2.34. The number of benzene rings is 1. The van der Waals surface area contributed by atoms with Gasteiger partial charge in [0.05, 0.1) is 25.5 Å². The summed E-state index contributed by atoms with van der Waals surface area (Å²) >= 11 is 0.